The van der Waals surface area contributed by atoms with Crippen molar-refractivity contribution in [3.8, 4) is 0 Å². The van der Waals surface area contributed by atoms with Gasteiger partial charge in [0.25, 0.3) is 0 Å². The van der Waals surface area contributed by atoms with Gasteiger partial charge in [-0.25, -0.2) is 4.79 Å². The van der Waals surface area contributed by atoms with Crippen molar-refractivity contribution in [2.75, 3.05) is 6.61 Å². The molecule has 0 unspecified atom stereocenters. The summed E-state index contributed by atoms with van der Waals surface area (Å²) in [6, 6.07) is 6.54. The van der Waals surface area contributed by atoms with Crippen LogP contribution in [0.25, 0.3) is 0 Å². The van der Waals surface area contributed by atoms with E-state index in [1.54, 1.807) is 0 Å². The second-order valence-corrected chi connectivity index (χ2v) is 5.22. The van der Waals surface area contributed by atoms with Gasteiger partial charge in [0, 0.05) is 17.7 Å². The SMILES string of the molecule is Cc1cc(C)c(C(=O)COC(=O)c2cc[n+]([O-])cc2)c(C)c1. The highest BCUT2D eigenvalue weighted by molar-refractivity contribution is 6.01. The number of carbonyl (C=O) groups excluding carboxylic acids is 2. The van der Waals surface area contributed by atoms with E-state index >= 15 is 0 Å². The molecule has 2 aromatic rings. The van der Waals surface area contributed by atoms with E-state index in [1.807, 2.05) is 32.9 Å². The molecule has 0 aliphatic rings. The minimum atomic E-state index is -0.628. The normalized spacial score (nSPS) is 10.3. The molecule has 0 fully saturated rings. The topological polar surface area (TPSA) is 70.3 Å². The minimum absolute atomic E-state index is 0.234. The smallest absolute Gasteiger partial charge is 0.339 e. The zero-order valence-corrected chi connectivity index (χ0v) is 12.8. The lowest BCUT2D eigenvalue weighted by Gasteiger charge is -2.10. The molecule has 0 radical (unpaired) electrons. The zero-order chi connectivity index (χ0) is 16.3. The molecule has 0 saturated carbocycles. The van der Waals surface area contributed by atoms with Crippen LogP contribution in [0.3, 0.4) is 0 Å². The predicted molar refractivity (Wildman–Crippen MR) is 80.7 cm³/mol. The van der Waals surface area contributed by atoms with Crippen molar-refractivity contribution in [3.63, 3.8) is 0 Å². The van der Waals surface area contributed by atoms with Gasteiger partial charge in [0.15, 0.2) is 19.0 Å². The average Bonchev–Trinajstić information content (AvgIpc) is 2.44. The Morgan fingerprint density at radius 3 is 2.18 bits per heavy atom. The molecule has 0 aliphatic heterocycles. The summed E-state index contributed by atoms with van der Waals surface area (Å²) in [5, 5.41) is 10.9. The molecule has 0 spiro atoms. The molecule has 0 atom stereocenters. The van der Waals surface area contributed by atoms with Gasteiger partial charge in [0.2, 0.25) is 5.78 Å². The zero-order valence-electron chi connectivity index (χ0n) is 12.8. The number of ether oxygens (including phenoxy) is 1. The van der Waals surface area contributed by atoms with Gasteiger partial charge in [-0.2, -0.15) is 4.73 Å². The van der Waals surface area contributed by atoms with Gasteiger partial charge in [0.05, 0.1) is 5.56 Å². The van der Waals surface area contributed by atoms with E-state index in [9.17, 15) is 14.8 Å². The van der Waals surface area contributed by atoms with Crippen molar-refractivity contribution >= 4 is 11.8 Å². The maximum Gasteiger partial charge on any atom is 0.339 e. The summed E-state index contributed by atoms with van der Waals surface area (Å²) in [5.74, 6) is -0.866. The summed E-state index contributed by atoms with van der Waals surface area (Å²) < 4.78 is 5.60. The number of hydrogen-bond acceptors (Lipinski definition) is 4. The third-order valence-electron chi connectivity index (χ3n) is 3.33. The third-order valence-corrected chi connectivity index (χ3v) is 3.33. The Bertz CT molecular complexity index is 697. The van der Waals surface area contributed by atoms with Crippen LogP contribution >= 0.6 is 0 Å². The molecular formula is C17H17NO4. The summed E-state index contributed by atoms with van der Waals surface area (Å²) in [5.41, 5.74) is 3.64. The number of hydrogen-bond donors (Lipinski definition) is 0. The standard InChI is InChI=1S/C17H17NO4/c1-11-8-12(2)16(13(3)9-11)15(19)10-22-17(20)14-4-6-18(21)7-5-14/h4-9H,10H2,1-3H3. The van der Waals surface area contributed by atoms with E-state index in [-0.39, 0.29) is 18.0 Å². The third kappa shape index (κ3) is 3.49. The number of esters is 1. The first kappa shape index (κ1) is 15.7. The molecule has 0 saturated heterocycles. The minimum Gasteiger partial charge on any atom is -0.619 e. The first-order valence-electron chi connectivity index (χ1n) is 6.85. The summed E-state index contributed by atoms with van der Waals surface area (Å²) in [6.45, 7) is 5.36. The molecule has 114 valence electrons. The molecule has 2 rings (SSSR count). The van der Waals surface area contributed by atoms with Crippen molar-refractivity contribution in [2.24, 2.45) is 0 Å². The van der Waals surface area contributed by atoms with Crippen LogP contribution < -0.4 is 4.73 Å². The molecule has 0 amide bonds. The Balaban J connectivity index is 2.07. The van der Waals surface area contributed by atoms with E-state index in [0.29, 0.717) is 10.3 Å². The lowest BCUT2D eigenvalue weighted by molar-refractivity contribution is -0.605. The highest BCUT2D eigenvalue weighted by Crippen LogP contribution is 2.17. The van der Waals surface area contributed by atoms with E-state index < -0.39 is 5.97 Å². The highest BCUT2D eigenvalue weighted by Gasteiger charge is 2.16. The number of benzene rings is 1. The van der Waals surface area contributed by atoms with Crippen molar-refractivity contribution in [1.29, 1.82) is 0 Å². The van der Waals surface area contributed by atoms with Crippen LogP contribution in [-0.2, 0) is 4.74 Å². The lowest BCUT2D eigenvalue weighted by atomic mass is 9.97. The van der Waals surface area contributed by atoms with Gasteiger partial charge in [-0.05, 0) is 31.9 Å². The van der Waals surface area contributed by atoms with Crippen molar-refractivity contribution < 1.29 is 19.1 Å². The van der Waals surface area contributed by atoms with Crippen LogP contribution in [0.4, 0.5) is 0 Å². The number of rotatable bonds is 4. The van der Waals surface area contributed by atoms with Gasteiger partial charge in [-0.3, -0.25) is 4.79 Å². The Kier molecular flexibility index (Phi) is 4.56. The first-order valence-corrected chi connectivity index (χ1v) is 6.85. The molecule has 1 heterocycles. The van der Waals surface area contributed by atoms with Gasteiger partial charge in [-0.15, -0.1) is 0 Å². The summed E-state index contributed by atoms with van der Waals surface area (Å²) in [4.78, 5) is 24.1. The Morgan fingerprint density at radius 1 is 1.09 bits per heavy atom. The fourth-order valence-corrected chi connectivity index (χ4v) is 2.46. The highest BCUT2D eigenvalue weighted by atomic mass is 16.5. The summed E-state index contributed by atoms with van der Waals surface area (Å²) in [6.07, 6.45) is 2.40. The van der Waals surface area contributed by atoms with Crippen molar-refractivity contribution in [2.45, 2.75) is 20.8 Å². The number of pyridine rings is 1. The van der Waals surface area contributed by atoms with Gasteiger partial charge in [-0.1, -0.05) is 17.7 Å². The average molecular weight is 299 g/mol. The molecule has 1 aromatic heterocycles. The van der Waals surface area contributed by atoms with E-state index in [2.05, 4.69) is 0 Å². The predicted octanol–water partition coefficient (Wildman–Crippen LogP) is 2.28. The fourth-order valence-electron chi connectivity index (χ4n) is 2.46. The van der Waals surface area contributed by atoms with Gasteiger partial charge < -0.3 is 9.94 Å². The van der Waals surface area contributed by atoms with Crippen LogP contribution in [0, 0.1) is 26.0 Å². The molecule has 1 aromatic carbocycles. The summed E-state index contributed by atoms with van der Waals surface area (Å²) in [7, 11) is 0. The summed E-state index contributed by atoms with van der Waals surface area (Å²) >= 11 is 0. The quantitative estimate of drug-likeness (QED) is 0.376. The van der Waals surface area contributed by atoms with Gasteiger partial charge in [0.1, 0.15) is 0 Å². The maximum atomic E-state index is 12.3. The van der Waals surface area contributed by atoms with E-state index in [4.69, 9.17) is 4.74 Å². The second kappa shape index (κ2) is 6.39. The first-order chi connectivity index (χ1) is 10.4. The molecule has 5 heteroatoms. The number of Topliss-reactive ketones (excluding diaryl/α,β-unsaturated/α-hetero) is 1. The van der Waals surface area contributed by atoms with Crippen LogP contribution in [0.15, 0.2) is 36.7 Å². The lowest BCUT2D eigenvalue weighted by Crippen LogP contribution is -2.25. The number of aryl methyl sites for hydroxylation is 3. The number of ketones is 1. The van der Waals surface area contributed by atoms with E-state index in [1.165, 1.54) is 24.5 Å². The van der Waals surface area contributed by atoms with Crippen LogP contribution in [0.1, 0.15) is 37.4 Å². The monoisotopic (exact) mass is 299 g/mol. The maximum absolute atomic E-state index is 12.3. The second-order valence-electron chi connectivity index (χ2n) is 5.22. The van der Waals surface area contributed by atoms with Crippen molar-refractivity contribution in [1.82, 2.24) is 0 Å². The molecule has 0 N–H and O–H groups in total. The largest absolute Gasteiger partial charge is 0.619 e. The molecule has 22 heavy (non-hydrogen) atoms. The number of nitrogens with zero attached hydrogens (tertiary/aromatic N) is 1. The van der Waals surface area contributed by atoms with Crippen molar-refractivity contribution in [3.05, 3.63) is 69.7 Å². The van der Waals surface area contributed by atoms with E-state index in [0.717, 1.165) is 16.7 Å². The van der Waals surface area contributed by atoms with Crippen LogP contribution in [0.5, 0.6) is 0 Å². The van der Waals surface area contributed by atoms with Gasteiger partial charge >= 0.3 is 5.97 Å². The Hall–Kier alpha value is -2.69. The van der Waals surface area contributed by atoms with Crippen LogP contribution in [-0.4, -0.2) is 18.4 Å². The number of aromatic nitrogens is 1. The molecule has 0 bridgehead atoms. The molecular weight excluding hydrogens is 282 g/mol. The van der Waals surface area contributed by atoms with Crippen LogP contribution in [0.2, 0.25) is 0 Å². The fraction of sp³-hybridized carbons (Fsp3) is 0.235. The molecule has 5 nitrogen and oxygen atoms in total. The number of carbonyl (C=O) groups is 2. The molecule has 0 aliphatic carbocycles. The Labute approximate surface area is 128 Å². The Morgan fingerprint density at radius 2 is 1.64 bits per heavy atom.